The number of amides is 2. The molecule has 2 aromatic carbocycles. The van der Waals surface area contributed by atoms with E-state index in [2.05, 4.69) is 10.2 Å². The summed E-state index contributed by atoms with van der Waals surface area (Å²) in [4.78, 5) is 30.2. The van der Waals surface area contributed by atoms with E-state index in [4.69, 9.17) is 4.74 Å². The number of para-hydroxylation sites is 1. The number of fused-ring (bicyclic) bond motifs is 1. The Morgan fingerprint density at radius 2 is 1.84 bits per heavy atom. The summed E-state index contributed by atoms with van der Waals surface area (Å²) < 4.78 is 6.05. The quantitative estimate of drug-likeness (QED) is 0.709. The summed E-state index contributed by atoms with van der Waals surface area (Å²) in [6.07, 6.45) is 1.61. The van der Waals surface area contributed by atoms with E-state index in [1.165, 1.54) is 0 Å². The number of hydrogen-bond donors (Lipinski definition) is 1. The predicted molar refractivity (Wildman–Crippen MR) is 122 cm³/mol. The molecule has 1 N–H and O–H groups in total. The van der Waals surface area contributed by atoms with Crippen LogP contribution in [0.1, 0.15) is 30.9 Å². The molecule has 1 aliphatic rings. The van der Waals surface area contributed by atoms with Crippen LogP contribution in [0, 0.1) is 0 Å². The summed E-state index contributed by atoms with van der Waals surface area (Å²) in [5.41, 5.74) is 2.00. The van der Waals surface area contributed by atoms with Gasteiger partial charge in [-0.25, -0.2) is 0 Å². The van der Waals surface area contributed by atoms with Gasteiger partial charge in [0.15, 0.2) is 0 Å². The molecule has 0 unspecified atom stereocenters. The summed E-state index contributed by atoms with van der Waals surface area (Å²) >= 11 is 0. The number of carbonyl (C=O) groups excluding carboxylic acids is 2. The highest BCUT2D eigenvalue weighted by molar-refractivity contribution is 5.88. The predicted octanol–water partition coefficient (Wildman–Crippen LogP) is 2.87. The smallest absolute Gasteiger partial charge is 0.246 e. The van der Waals surface area contributed by atoms with E-state index in [-0.39, 0.29) is 17.9 Å². The van der Waals surface area contributed by atoms with Crippen LogP contribution in [0.25, 0.3) is 0 Å². The second-order valence-electron chi connectivity index (χ2n) is 8.36. The van der Waals surface area contributed by atoms with E-state index in [1.54, 1.807) is 0 Å². The number of rotatable bonds is 8. The van der Waals surface area contributed by atoms with Crippen molar-refractivity contribution in [2.24, 2.45) is 0 Å². The van der Waals surface area contributed by atoms with Crippen LogP contribution >= 0.6 is 0 Å². The van der Waals surface area contributed by atoms with Crippen molar-refractivity contribution in [1.29, 1.82) is 0 Å². The van der Waals surface area contributed by atoms with Crippen molar-refractivity contribution in [3.8, 4) is 5.75 Å². The van der Waals surface area contributed by atoms with Gasteiger partial charge >= 0.3 is 0 Å². The van der Waals surface area contributed by atoms with Gasteiger partial charge in [0.05, 0.1) is 6.04 Å². The molecule has 0 aromatic heterocycles. The van der Waals surface area contributed by atoms with Gasteiger partial charge in [0, 0.05) is 31.5 Å². The van der Waals surface area contributed by atoms with Crippen LogP contribution in [-0.4, -0.2) is 60.9 Å². The molecule has 0 spiro atoms. The summed E-state index contributed by atoms with van der Waals surface area (Å²) in [6.45, 7) is 3.52. The lowest BCUT2D eigenvalue weighted by molar-refractivity contribution is -0.139. The molecule has 2 aromatic rings. The van der Waals surface area contributed by atoms with Crippen molar-refractivity contribution in [2.45, 2.75) is 44.8 Å². The zero-order chi connectivity index (χ0) is 22.2. The standard InChI is InChI=1S/C25H33N3O3/c1-4-10-24(29)26-22(15-19-11-6-5-7-12-19)25(30)28-16-20-13-8-9-14-23(20)31-18-21(28)17-27(2)3/h5-9,11-14,21-22H,4,10,15-18H2,1-3H3,(H,26,29)/t21-,22-/m0/s1. The first-order valence-corrected chi connectivity index (χ1v) is 11.0. The maximum Gasteiger partial charge on any atom is 0.246 e. The summed E-state index contributed by atoms with van der Waals surface area (Å²) in [5.74, 6) is 0.657. The zero-order valence-corrected chi connectivity index (χ0v) is 18.7. The average molecular weight is 424 g/mol. The Labute approximate surface area is 185 Å². The molecule has 31 heavy (non-hydrogen) atoms. The van der Waals surface area contributed by atoms with Gasteiger partial charge in [-0.15, -0.1) is 0 Å². The molecule has 0 fully saturated rings. The Balaban J connectivity index is 1.89. The van der Waals surface area contributed by atoms with Crippen molar-refractivity contribution in [2.75, 3.05) is 27.2 Å². The molecule has 6 nitrogen and oxygen atoms in total. The highest BCUT2D eigenvalue weighted by Crippen LogP contribution is 2.26. The van der Waals surface area contributed by atoms with Crippen LogP contribution < -0.4 is 10.1 Å². The lowest BCUT2D eigenvalue weighted by Gasteiger charge is -2.34. The summed E-state index contributed by atoms with van der Waals surface area (Å²) in [6, 6.07) is 17.0. The number of likely N-dealkylation sites (N-methyl/N-ethyl adjacent to an activating group) is 1. The minimum absolute atomic E-state index is 0.0690. The molecule has 0 aliphatic carbocycles. The lowest BCUT2D eigenvalue weighted by Crippen LogP contribution is -2.55. The van der Waals surface area contributed by atoms with Crippen LogP contribution in [0.4, 0.5) is 0 Å². The topological polar surface area (TPSA) is 61.9 Å². The Morgan fingerprint density at radius 3 is 2.55 bits per heavy atom. The van der Waals surface area contributed by atoms with Gasteiger partial charge in [-0.1, -0.05) is 55.5 Å². The van der Waals surface area contributed by atoms with E-state index in [9.17, 15) is 9.59 Å². The molecule has 2 atom stereocenters. The number of hydrogen-bond acceptors (Lipinski definition) is 4. The molecule has 0 radical (unpaired) electrons. The van der Waals surface area contributed by atoms with Crippen molar-refractivity contribution in [1.82, 2.24) is 15.1 Å². The Hall–Kier alpha value is -2.86. The first-order valence-electron chi connectivity index (χ1n) is 11.0. The van der Waals surface area contributed by atoms with E-state index in [0.717, 1.165) is 23.3 Å². The van der Waals surface area contributed by atoms with Crippen LogP contribution in [0.2, 0.25) is 0 Å². The van der Waals surface area contributed by atoms with Crippen LogP contribution in [0.15, 0.2) is 54.6 Å². The molecule has 3 rings (SSSR count). The molecule has 2 amide bonds. The van der Waals surface area contributed by atoms with Crippen LogP contribution in [0.5, 0.6) is 5.75 Å². The molecule has 1 heterocycles. The van der Waals surface area contributed by atoms with Gasteiger partial charge in [-0.2, -0.15) is 0 Å². The number of carbonyl (C=O) groups is 2. The molecule has 0 bridgehead atoms. The SMILES string of the molecule is CCCC(=O)N[C@@H](Cc1ccccc1)C(=O)N1Cc2ccccc2OC[C@@H]1CN(C)C. The van der Waals surface area contributed by atoms with Crippen molar-refractivity contribution in [3.63, 3.8) is 0 Å². The molecule has 166 valence electrons. The van der Waals surface area contributed by atoms with E-state index in [0.29, 0.717) is 32.5 Å². The third kappa shape index (κ3) is 6.31. The third-order valence-electron chi connectivity index (χ3n) is 5.44. The number of nitrogens with one attached hydrogen (secondary N) is 1. The third-order valence-corrected chi connectivity index (χ3v) is 5.44. The summed E-state index contributed by atoms with van der Waals surface area (Å²) in [7, 11) is 3.98. The fourth-order valence-corrected chi connectivity index (χ4v) is 3.94. The van der Waals surface area contributed by atoms with E-state index < -0.39 is 6.04 Å². The minimum Gasteiger partial charge on any atom is -0.491 e. The molecule has 0 saturated heterocycles. The number of ether oxygens (including phenoxy) is 1. The van der Waals surface area contributed by atoms with Crippen LogP contribution in [0.3, 0.4) is 0 Å². The number of benzene rings is 2. The van der Waals surface area contributed by atoms with Crippen molar-refractivity contribution >= 4 is 11.8 Å². The van der Waals surface area contributed by atoms with Crippen LogP contribution in [-0.2, 0) is 22.6 Å². The second kappa shape index (κ2) is 11.0. The second-order valence-corrected chi connectivity index (χ2v) is 8.36. The molecular weight excluding hydrogens is 390 g/mol. The molecule has 0 saturated carbocycles. The van der Waals surface area contributed by atoms with Gasteiger partial charge in [0.1, 0.15) is 18.4 Å². The molecule has 1 aliphatic heterocycles. The summed E-state index contributed by atoms with van der Waals surface area (Å²) in [5, 5.41) is 3.00. The Morgan fingerprint density at radius 1 is 1.13 bits per heavy atom. The Kier molecular flexibility index (Phi) is 8.06. The maximum atomic E-state index is 13.8. The highest BCUT2D eigenvalue weighted by atomic mass is 16.5. The first kappa shape index (κ1) is 22.8. The Bertz CT molecular complexity index is 869. The maximum absolute atomic E-state index is 13.8. The normalized spacial score (nSPS) is 16.8. The molecular formula is C25H33N3O3. The van der Waals surface area contributed by atoms with Gasteiger partial charge in [-0.3, -0.25) is 9.59 Å². The van der Waals surface area contributed by atoms with Gasteiger partial charge in [-0.05, 0) is 32.1 Å². The van der Waals surface area contributed by atoms with Crippen molar-refractivity contribution < 1.29 is 14.3 Å². The minimum atomic E-state index is -0.614. The number of nitrogens with zero attached hydrogens (tertiary/aromatic N) is 2. The van der Waals surface area contributed by atoms with E-state index >= 15 is 0 Å². The van der Waals surface area contributed by atoms with Gasteiger partial charge in [0.2, 0.25) is 11.8 Å². The highest BCUT2D eigenvalue weighted by Gasteiger charge is 2.34. The van der Waals surface area contributed by atoms with Crippen molar-refractivity contribution in [3.05, 3.63) is 65.7 Å². The van der Waals surface area contributed by atoms with E-state index in [1.807, 2.05) is 80.5 Å². The lowest BCUT2D eigenvalue weighted by atomic mass is 10.0. The van der Waals surface area contributed by atoms with Gasteiger partial charge in [0.25, 0.3) is 0 Å². The van der Waals surface area contributed by atoms with Gasteiger partial charge < -0.3 is 19.9 Å². The fraction of sp³-hybridized carbons (Fsp3) is 0.440. The average Bonchev–Trinajstić information content (AvgIpc) is 2.93. The molecule has 6 heteroatoms. The zero-order valence-electron chi connectivity index (χ0n) is 18.7. The largest absolute Gasteiger partial charge is 0.491 e. The first-order chi connectivity index (χ1) is 15.0. The monoisotopic (exact) mass is 423 g/mol. The fourth-order valence-electron chi connectivity index (χ4n) is 3.94.